The van der Waals surface area contributed by atoms with Gasteiger partial charge >= 0.3 is 5.97 Å². The van der Waals surface area contributed by atoms with Gasteiger partial charge in [0.25, 0.3) is 0 Å². The molecule has 2 heterocycles. The molecule has 1 unspecified atom stereocenters. The van der Waals surface area contributed by atoms with Crippen molar-refractivity contribution >= 4 is 16.9 Å². The van der Waals surface area contributed by atoms with E-state index in [1.807, 2.05) is 12.1 Å². The van der Waals surface area contributed by atoms with E-state index in [4.69, 9.17) is 4.74 Å². The van der Waals surface area contributed by atoms with E-state index in [-0.39, 0.29) is 12.0 Å². The zero-order valence-corrected chi connectivity index (χ0v) is 12.4. The van der Waals surface area contributed by atoms with Gasteiger partial charge in [-0.05, 0) is 38.1 Å². The molecule has 0 radical (unpaired) electrons. The van der Waals surface area contributed by atoms with Crippen molar-refractivity contribution in [3.05, 3.63) is 29.5 Å². The van der Waals surface area contributed by atoms with E-state index in [1.54, 1.807) is 0 Å². The van der Waals surface area contributed by atoms with Crippen LogP contribution in [0, 0.1) is 0 Å². The molecule has 0 aliphatic carbocycles. The summed E-state index contributed by atoms with van der Waals surface area (Å²) in [5.41, 5.74) is 3.67. The van der Waals surface area contributed by atoms with Crippen molar-refractivity contribution in [1.29, 1.82) is 0 Å². The van der Waals surface area contributed by atoms with Crippen LogP contribution < -0.4 is 4.74 Å². The Bertz CT molecular complexity index is 687. The summed E-state index contributed by atoms with van der Waals surface area (Å²) in [6.07, 6.45) is 3.21. The highest BCUT2D eigenvalue weighted by molar-refractivity contribution is 5.91. The van der Waals surface area contributed by atoms with Gasteiger partial charge in [0, 0.05) is 49.2 Å². The van der Waals surface area contributed by atoms with Crippen LogP contribution in [0.3, 0.4) is 0 Å². The lowest BCUT2D eigenvalue weighted by molar-refractivity contribution is -0.131. The Kier molecular flexibility index (Phi) is 3.05. The van der Waals surface area contributed by atoms with E-state index in [0.717, 1.165) is 18.5 Å². The van der Waals surface area contributed by atoms with Gasteiger partial charge in [0.1, 0.15) is 5.75 Å². The topological polar surface area (TPSA) is 34.5 Å². The van der Waals surface area contributed by atoms with Gasteiger partial charge in [-0.2, -0.15) is 0 Å². The van der Waals surface area contributed by atoms with Crippen molar-refractivity contribution in [3.63, 3.8) is 0 Å². The molecule has 106 valence electrons. The number of aromatic nitrogens is 1. The molecule has 0 amide bonds. The number of likely N-dealkylation sites (N-methyl/N-ethyl adjacent to an activating group) is 1. The van der Waals surface area contributed by atoms with Crippen LogP contribution in [-0.4, -0.2) is 29.0 Å². The summed E-state index contributed by atoms with van der Waals surface area (Å²) in [5.74, 6) is 0.427. The van der Waals surface area contributed by atoms with Crippen LogP contribution in [0.4, 0.5) is 0 Å². The zero-order valence-electron chi connectivity index (χ0n) is 12.4. The molecule has 2 aromatic rings. The molecule has 0 spiro atoms. The van der Waals surface area contributed by atoms with Crippen molar-refractivity contribution in [2.45, 2.75) is 26.3 Å². The first-order chi connectivity index (χ1) is 9.49. The zero-order chi connectivity index (χ0) is 14.4. The first kappa shape index (κ1) is 13.2. The van der Waals surface area contributed by atoms with Crippen LogP contribution in [0.25, 0.3) is 10.9 Å². The third-order valence-electron chi connectivity index (χ3n) is 4.30. The molecule has 3 rings (SSSR count). The SMILES string of the molecule is CC(=O)Oc1ccc2c3c(cn2C)CCN(C)C(C)c13. The second kappa shape index (κ2) is 4.63. The molecule has 1 aliphatic heterocycles. The van der Waals surface area contributed by atoms with Gasteiger partial charge in [0.15, 0.2) is 0 Å². The Morgan fingerprint density at radius 2 is 2.10 bits per heavy atom. The maximum Gasteiger partial charge on any atom is 0.308 e. The van der Waals surface area contributed by atoms with Gasteiger partial charge in [-0.15, -0.1) is 0 Å². The summed E-state index contributed by atoms with van der Waals surface area (Å²) >= 11 is 0. The van der Waals surface area contributed by atoms with Crippen LogP contribution in [0.2, 0.25) is 0 Å². The third-order valence-corrected chi connectivity index (χ3v) is 4.30. The fraction of sp³-hybridized carbons (Fsp3) is 0.438. The van der Waals surface area contributed by atoms with E-state index in [2.05, 4.69) is 36.7 Å². The summed E-state index contributed by atoms with van der Waals surface area (Å²) in [5, 5.41) is 1.25. The summed E-state index contributed by atoms with van der Waals surface area (Å²) in [7, 11) is 4.18. The molecule has 0 saturated heterocycles. The van der Waals surface area contributed by atoms with Gasteiger partial charge in [0.05, 0.1) is 0 Å². The number of hydrogen-bond donors (Lipinski definition) is 0. The molecular formula is C16H20N2O2. The maximum absolute atomic E-state index is 11.4. The Hall–Kier alpha value is -1.81. The highest BCUT2D eigenvalue weighted by Gasteiger charge is 2.26. The minimum Gasteiger partial charge on any atom is -0.426 e. The standard InChI is InChI=1S/C16H20N2O2/c1-10-15-14(20-11(2)19)6-5-13-16(15)12(9-18(13)4)7-8-17(10)3/h5-6,9-10H,7-8H2,1-4H3. The minimum absolute atomic E-state index is 0.233. The lowest BCUT2D eigenvalue weighted by Gasteiger charge is -2.24. The average molecular weight is 272 g/mol. The van der Waals surface area contributed by atoms with Gasteiger partial charge in [-0.3, -0.25) is 9.69 Å². The van der Waals surface area contributed by atoms with Crippen LogP contribution in [0.5, 0.6) is 5.75 Å². The Morgan fingerprint density at radius 1 is 1.35 bits per heavy atom. The molecule has 1 aromatic heterocycles. The monoisotopic (exact) mass is 272 g/mol. The number of benzene rings is 1. The third kappa shape index (κ3) is 1.91. The van der Waals surface area contributed by atoms with E-state index >= 15 is 0 Å². The quantitative estimate of drug-likeness (QED) is 0.591. The lowest BCUT2D eigenvalue weighted by atomic mass is 10.00. The molecule has 20 heavy (non-hydrogen) atoms. The van der Waals surface area contributed by atoms with E-state index < -0.39 is 0 Å². The normalized spacial score (nSPS) is 19.1. The summed E-state index contributed by atoms with van der Waals surface area (Å²) in [6, 6.07) is 4.19. The molecule has 4 heteroatoms. The van der Waals surface area contributed by atoms with Crippen molar-refractivity contribution in [1.82, 2.24) is 9.47 Å². The van der Waals surface area contributed by atoms with Gasteiger partial charge < -0.3 is 9.30 Å². The second-order valence-corrected chi connectivity index (χ2v) is 5.64. The molecule has 0 saturated carbocycles. The van der Waals surface area contributed by atoms with Crippen molar-refractivity contribution < 1.29 is 9.53 Å². The predicted molar refractivity (Wildman–Crippen MR) is 79.0 cm³/mol. The number of carbonyl (C=O) groups is 1. The van der Waals surface area contributed by atoms with E-state index in [9.17, 15) is 4.79 Å². The Labute approximate surface area is 118 Å². The number of hydrogen-bond acceptors (Lipinski definition) is 3. The van der Waals surface area contributed by atoms with Gasteiger partial charge in [0.2, 0.25) is 0 Å². The van der Waals surface area contributed by atoms with Crippen molar-refractivity contribution in [3.8, 4) is 5.75 Å². The molecule has 1 aromatic carbocycles. The first-order valence-corrected chi connectivity index (χ1v) is 6.98. The highest BCUT2D eigenvalue weighted by atomic mass is 16.5. The molecule has 1 atom stereocenters. The predicted octanol–water partition coefficient (Wildman–Crippen LogP) is 2.65. The number of nitrogens with zero attached hydrogens (tertiary/aromatic N) is 2. The second-order valence-electron chi connectivity index (χ2n) is 5.64. The number of ether oxygens (including phenoxy) is 1. The van der Waals surface area contributed by atoms with Crippen molar-refractivity contribution in [2.24, 2.45) is 7.05 Å². The van der Waals surface area contributed by atoms with Crippen LogP contribution in [0.15, 0.2) is 18.3 Å². The number of carbonyl (C=O) groups excluding carboxylic acids is 1. The lowest BCUT2D eigenvalue weighted by Crippen LogP contribution is -2.23. The molecule has 0 fully saturated rings. The number of esters is 1. The largest absolute Gasteiger partial charge is 0.426 e. The van der Waals surface area contributed by atoms with Gasteiger partial charge in [-0.25, -0.2) is 0 Å². The molecule has 0 bridgehead atoms. The van der Waals surface area contributed by atoms with Crippen LogP contribution >= 0.6 is 0 Å². The highest BCUT2D eigenvalue weighted by Crippen LogP contribution is 2.40. The fourth-order valence-electron chi connectivity index (χ4n) is 3.15. The van der Waals surface area contributed by atoms with Crippen LogP contribution in [0.1, 0.15) is 31.0 Å². The van der Waals surface area contributed by atoms with E-state index in [0.29, 0.717) is 5.75 Å². The number of aryl methyl sites for hydroxylation is 1. The molecule has 0 N–H and O–H groups in total. The van der Waals surface area contributed by atoms with Gasteiger partial charge in [-0.1, -0.05) is 0 Å². The van der Waals surface area contributed by atoms with Crippen LogP contribution in [-0.2, 0) is 18.3 Å². The Morgan fingerprint density at radius 3 is 2.80 bits per heavy atom. The first-order valence-electron chi connectivity index (χ1n) is 6.98. The number of rotatable bonds is 1. The minimum atomic E-state index is -0.266. The smallest absolute Gasteiger partial charge is 0.308 e. The Balaban J connectivity index is 2.32. The molecule has 1 aliphatic rings. The summed E-state index contributed by atoms with van der Waals surface area (Å²) < 4.78 is 7.60. The summed E-state index contributed by atoms with van der Waals surface area (Å²) in [6.45, 7) is 4.63. The molecular weight excluding hydrogens is 252 g/mol. The van der Waals surface area contributed by atoms with Crippen molar-refractivity contribution in [2.75, 3.05) is 13.6 Å². The fourth-order valence-corrected chi connectivity index (χ4v) is 3.15. The average Bonchev–Trinajstić information content (AvgIpc) is 2.65. The summed E-state index contributed by atoms with van der Waals surface area (Å²) in [4.78, 5) is 13.7. The molecule has 4 nitrogen and oxygen atoms in total. The van der Waals surface area contributed by atoms with E-state index in [1.165, 1.54) is 23.4 Å². The maximum atomic E-state index is 11.4.